The molecule has 0 aliphatic carbocycles. The second kappa shape index (κ2) is 4.27. The second-order valence-electron chi connectivity index (χ2n) is 5.44. The van der Waals surface area contributed by atoms with Crippen LogP contribution in [0, 0.1) is 5.41 Å². The number of aliphatic hydroxyl groups is 1. The number of hydrogen-bond acceptors (Lipinski definition) is 2. The molecular formula is C14H18ClNO. The smallest absolute Gasteiger partial charge is 0.0506 e. The van der Waals surface area contributed by atoms with Gasteiger partial charge in [0.15, 0.2) is 0 Å². The Bertz CT molecular complexity index is 405. The van der Waals surface area contributed by atoms with Crippen LogP contribution in [0.25, 0.3) is 0 Å². The van der Waals surface area contributed by atoms with Crippen molar-refractivity contribution in [3.63, 3.8) is 0 Å². The van der Waals surface area contributed by atoms with Crippen molar-refractivity contribution in [1.29, 1.82) is 0 Å². The van der Waals surface area contributed by atoms with Crippen LogP contribution >= 0.6 is 11.6 Å². The predicted molar refractivity (Wildman–Crippen MR) is 69.4 cm³/mol. The first kappa shape index (κ1) is 11.5. The Morgan fingerprint density at radius 2 is 2.06 bits per heavy atom. The third kappa shape index (κ3) is 1.88. The van der Waals surface area contributed by atoms with E-state index < -0.39 is 0 Å². The fourth-order valence-corrected chi connectivity index (χ4v) is 3.66. The molecule has 0 spiro atoms. The fraction of sp³-hybridized carbons (Fsp3) is 0.571. The maximum absolute atomic E-state index is 9.80. The highest BCUT2D eigenvalue weighted by Gasteiger charge is 2.47. The number of halogens is 1. The molecular weight excluding hydrogens is 234 g/mol. The molecule has 0 radical (unpaired) electrons. The second-order valence-corrected chi connectivity index (χ2v) is 5.88. The zero-order chi connectivity index (χ0) is 11.9. The van der Waals surface area contributed by atoms with Crippen LogP contribution in [0.2, 0.25) is 5.02 Å². The molecule has 1 aromatic rings. The zero-order valence-corrected chi connectivity index (χ0v) is 10.7. The van der Waals surface area contributed by atoms with Crippen molar-refractivity contribution >= 4 is 11.6 Å². The van der Waals surface area contributed by atoms with Crippen LogP contribution in [0.4, 0.5) is 0 Å². The average Bonchev–Trinajstić information content (AvgIpc) is 2.70. The molecule has 1 N–H and O–H groups in total. The third-order valence-electron chi connectivity index (χ3n) is 4.52. The lowest BCUT2D eigenvalue weighted by molar-refractivity contribution is 0.0705. The van der Waals surface area contributed by atoms with E-state index in [-0.39, 0.29) is 5.41 Å². The van der Waals surface area contributed by atoms with Crippen LogP contribution in [0.1, 0.15) is 24.3 Å². The molecule has 2 aliphatic heterocycles. The van der Waals surface area contributed by atoms with Crippen molar-refractivity contribution < 1.29 is 5.11 Å². The van der Waals surface area contributed by atoms with Gasteiger partial charge in [-0.15, -0.1) is 0 Å². The first-order valence-corrected chi connectivity index (χ1v) is 6.70. The summed E-state index contributed by atoms with van der Waals surface area (Å²) in [7, 11) is 0. The van der Waals surface area contributed by atoms with E-state index in [4.69, 9.17) is 11.6 Å². The fourth-order valence-electron chi connectivity index (χ4n) is 3.53. The van der Waals surface area contributed by atoms with Gasteiger partial charge in [-0.25, -0.2) is 0 Å². The average molecular weight is 252 g/mol. The topological polar surface area (TPSA) is 23.5 Å². The molecule has 3 atom stereocenters. The quantitative estimate of drug-likeness (QED) is 0.873. The van der Waals surface area contributed by atoms with Gasteiger partial charge in [0.1, 0.15) is 0 Å². The summed E-state index contributed by atoms with van der Waals surface area (Å²) in [6.45, 7) is 3.66. The molecule has 0 saturated carbocycles. The van der Waals surface area contributed by atoms with Crippen molar-refractivity contribution in [3.05, 3.63) is 34.9 Å². The summed E-state index contributed by atoms with van der Waals surface area (Å²) in [6, 6.07) is 8.17. The van der Waals surface area contributed by atoms with Crippen LogP contribution in [0.15, 0.2) is 24.3 Å². The largest absolute Gasteiger partial charge is 0.396 e. The normalized spacial score (nSPS) is 36.1. The molecule has 2 nitrogen and oxygen atoms in total. The van der Waals surface area contributed by atoms with Crippen LogP contribution in [0.3, 0.4) is 0 Å². The molecule has 0 aromatic heterocycles. The van der Waals surface area contributed by atoms with Gasteiger partial charge >= 0.3 is 0 Å². The van der Waals surface area contributed by atoms with E-state index in [1.54, 1.807) is 0 Å². The summed E-state index contributed by atoms with van der Waals surface area (Å²) in [5.41, 5.74) is 1.43. The maximum Gasteiger partial charge on any atom is 0.0506 e. The molecule has 2 aliphatic rings. The Hall–Kier alpha value is -0.570. The van der Waals surface area contributed by atoms with Gasteiger partial charge in [-0.3, -0.25) is 0 Å². The summed E-state index contributed by atoms with van der Waals surface area (Å²) in [4.78, 5) is 2.47. The van der Waals surface area contributed by atoms with Crippen LogP contribution in [-0.4, -0.2) is 36.2 Å². The van der Waals surface area contributed by atoms with Gasteiger partial charge in [0.25, 0.3) is 0 Å². The highest BCUT2D eigenvalue weighted by atomic mass is 35.5. The molecule has 0 amide bonds. The molecule has 3 heteroatoms. The number of piperidine rings is 1. The molecule has 2 heterocycles. The zero-order valence-electron chi connectivity index (χ0n) is 9.90. The highest BCUT2D eigenvalue weighted by Crippen LogP contribution is 2.48. The molecule has 3 unspecified atom stereocenters. The number of hydrogen-bond donors (Lipinski definition) is 1. The third-order valence-corrected chi connectivity index (χ3v) is 4.78. The molecule has 17 heavy (non-hydrogen) atoms. The van der Waals surface area contributed by atoms with Gasteiger partial charge < -0.3 is 10.0 Å². The molecule has 3 rings (SSSR count). The lowest BCUT2D eigenvalue weighted by atomic mass is 9.69. The first-order valence-electron chi connectivity index (χ1n) is 6.32. The minimum absolute atomic E-state index is 0.0894. The Morgan fingerprint density at radius 1 is 1.29 bits per heavy atom. The van der Waals surface area contributed by atoms with E-state index in [9.17, 15) is 5.11 Å². The summed E-state index contributed by atoms with van der Waals surface area (Å²) in [5.74, 6) is 0.489. The SMILES string of the molecule is OCC12CCN(CCC1c1ccc(Cl)cc1)C2. The van der Waals surface area contributed by atoms with Crippen molar-refractivity contribution in [2.75, 3.05) is 26.2 Å². The van der Waals surface area contributed by atoms with E-state index >= 15 is 0 Å². The van der Waals surface area contributed by atoms with Gasteiger partial charge in [0.05, 0.1) is 6.61 Å². The summed E-state index contributed by atoms with van der Waals surface area (Å²) >= 11 is 5.94. The Kier molecular flexibility index (Phi) is 2.89. The summed E-state index contributed by atoms with van der Waals surface area (Å²) in [6.07, 6.45) is 2.28. The van der Waals surface area contributed by atoms with E-state index in [0.717, 1.165) is 37.5 Å². The first-order chi connectivity index (χ1) is 8.23. The Morgan fingerprint density at radius 3 is 2.76 bits per heavy atom. The van der Waals surface area contributed by atoms with Crippen molar-refractivity contribution in [1.82, 2.24) is 4.90 Å². The van der Waals surface area contributed by atoms with Gasteiger partial charge in [-0.2, -0.15) is 0 Å². The molecule has 2 fully saturated rings. The molecule has 1 aromatic carbocycles. The molecule has 2 bridgehead atoms. The van der Waals surface area contributed by atoms with E-state index in [1.165, 1.54) is 5.56 Å². The van der Waals surface area contributed by atoms with Crippen LogP contribution in [-0.2, 0) is 0 Å². The number of fused-ring (bicyclic) bond motifs is 2. The van der Waals surface area contributed by atoms with E-state index in [2.05, 4.69) is 17.0 Å². The van der Waals surface area contributed by atoms with E-state index in [1.807, 2.05) is 12.1 Å². The number of rotatable bonds is 2. The van der Waals surface area contributed by atoms with Gasteiger partial charge in [-0.05, 0) is 49.5 Å². The van der Waals surface area contributed by atoms with Crippen molar-refractivity contribution in [2.24, 2.45) is 5.41 Å². The molecule has 2 saturated heterocycles. The molecule has 92 valence electrons. The van der Waals surface area contributed by atoms with Gasteiger partial charge in [-0.1, -0.05) is 23.7 Å². The summed E-state index contributed by atoms with van der Waals surface area (Å²) in [5, 5.41) is 10.6. The lowest BCUT2D eigenvalue weighted by Gasteiger charge is -2.40. The number of aliphatic hydroxyl groups excluding tert-OH is 1. The van der Waals surface area contributed by atoms with Crippen molar-refractivity contribution in [2.45, 2.75) is 18.8 Å². The van der Waals surface area contributed by atoms with Crippen LogP contribution < -0.4 is 0 Å². The Balaban J connectivity index is 1.93. The number of nitrogens with zero attached hydrogens (tertiary/aromatic N) is 1. The van der Waals surface area contributed by atoms with Crippen molar-refractivity contribution in [3.8, 4) is 0 Å². The minimum atomic E-state index is 0.0894. The highest BCUT2D eigenvalue weighted by molar-refractivity contribution is 6.30. The maximum atomic E-state index is 9.80. The lowest BCUT2D eigenvalue weighted by Crippen LogP contribution is -2.42. The minimum Gasteiger partial charge on any atom is -0.396 e. The standard InChI is InChI=1S/C14H18ClNO/c15-12-3-1-11(2-4-12)13-5-7-16-8-6-14(13,9-16)10-17/h1-4,13,17H,5-10H2. The predicted octanol–water partition coefficient (Wildman–Crippen LogP) is 2.51. The Labute approximate surface area is 107 Å². The monoisotopic (exact) mass is 251 g/mol. The van der Waals surface area contributed by atoms with Gasteiger partial charge in [0.2, 0.25) is 0 Å². The number of benzene rings is 1. The van der Waals surface area contributed by atoms with Gasteiger partial charge in [0, 0.05) is 17.0 Å². The summed E-state index contributed by atoms with van der Waals surface area (Å²) < 4.78 is 0. The van der Waals surface area contributed by atoms with Crippen LogP contribution in [0.5, 0.6) is 0 Å². The van der Waals surface area contributed by atoms with E-state index in [0.29, 0.717) is 12.5 Å².